The summed E-state index contributed by atoms with van der Waals surface area (Å²) in [5, 5.41) is 20.4. The molecule has 0 bridgehead atoms. The van der Waals surface area contributed by atoms with Crippen LogP contribution in [0.4, 0.5) is 17.6 Å². The fraction of sp³-hybridized carbons (Fsp3) is 0.320. The Morgan fingerprint density at radius 3 is 2.30 bits per heavy atom. The average Bonchev–Trinajstić information content (AvgIpc) is 2.73. The lowest BCUT2D eigenvalue weighted by Crippen LogP contribution is -2.07. The molecule has 0 spiro atoms. The van der Waals surface area contributed by atoms with E-state index in [4.69, 9.17) is 4.74 Å². The zero-order valence-corrected chi connectivity index (χ0v) is 18.4. The third kappa shape index (κ3) is 7.37. The molecule has 0 heterocycles. The van der Waals surface area contributed by atoms with E-state index in [1.807, 2.05) is 19.9 Å². The molecule has 4 nitrogen and oxygen atoms in total. The van der Waals surface area contributed by atoms with E-state index in [0.29, 0.717) is 24.0 Å². The van der Waals surface area contributed by atoms with Gasteiger partial charge in [-0.25, -0.2) is 4.79 Å². The predicted octanol–water partition coefficient (Wildman–Crippen LogP) is 6.92. The molecular weight excluding hydrogens is 440 g/mol. The highest BCUT2D eigenvalue weighted by molar-refractivity contribution is 5.97. The molecule has 33 heavy (non-hydrogen) atoms. The van der Waals surface area contributed by atoms with Crippen molar-refractivity contribution in [2.24, 2.45) is 0 Å². The standard InChI is InChI=1S/C25H26F4O4/c1-16(2)5-12-20-21(33-14-4-3-13-26)15-18(22(23(20)30)24(31)32)9-6-17-7-10-19(11-8-17)25(27,28)29/h5-11,15,30H,3-4,12-14H2,1-2H3,(H,31,32)/b9-6+. The van der Waals surface area contributed by atoms with Crippen molar-refractivity contribution in [1.29, 1.82) is 0 Å². The summed E-state index contributed by atoms with van der Waals surface area (Å²) in [5.74, 6) is -1.54. The van der Waals surface area contributed by atoms with Crippen LogP contribution < -0.4 is 4.74 Å². The first-order valence-electron chi connectivity index (χ1n) is 10.3. The van der Waals surface area contributed by atoms with Gasteiger partial charge in [0, 0.05) is 5.56 Å². The largest absolute Gasteiger partial charge is 0.507 e. The molecule has 0 aromatic heterocycles. The Hall–Kier alpha value is -3.29. The summed E-state index contributed by atoms with van der Waals surface area (Å²) in [6, 6.07) is 5.84. The maximum absolute atomic E-state index is 12.8. The van der Waals surface area contributed by atoms with Crippen molar-refractivity contribution < 1.29 is 37.3 Å². The number of unbranched alkanes of at least 4 members (excludes halogenated alkanes) is 1. The van der Waals surface area contributed by atoms with Crippen molar-refractivity contribution in [3.8, 4) is 11.5 Å². The molecule has 2 rings (SSSR count). The molecule has 0 aliphatic carbocycles. The number of aromatic hydroxyl groups is 1. The maximum atomic E-state index is 12.8. The number of aromatic carboxylic acids is 1. The number of alkyl halides is 4. The number of allylic oxidation sites excluding steroid dienone is 2. The number of halogens is 4. The van der Waals surface area contributed by atoms with Crippen LogP contribution in [0.25, 0.3) is 12.2 Å². The first-order chi connectivity index (χ1) is 15.5. The van der Waals surface area contributed by atoms with Crippen LogP contribution in [-0.2, 0) is 12.6 Å². The summed E-state index contributed by atoms with van der Waals surface area (Å²) in [5.41, 5.74) is 0.656. The van der Waals surface area contributed by atoms with Gasteiger partial charge >= 0.3 is 12.1 Å². The van der Waals surface area contributed by atoms with Crippen LogP contribution in [-0.4, -0.2) is 29.5 Å². The molecule has 0 radical (unpaired) electrons. The quantitative estimate of drug-likeness (QED) is 0.173. The first-order valence-corrected chi connectivity index (χ1v) is 10.3. The van der Waals surface area contributed by atoms with E-state index in [0.717, 1.165) is 17.7 Å². The summed E-state index contributed by atoms with van der Waals surface area (Å²) in [7, 11) is 0. The fourth-order valence-electron chi connectivity index (χ4n) is 3.04. The number of hydrogen-bond acceptors (Lipinski definition) is 3. The highest BCUT2D eigenvalue weighted by Crippen LogP contribution is 2.37. The number of hydrogen-bond donors (Lipinski definition) is 2. The molecule has 8 heteroatoms. The molecule has 178 valence electrons. The normalized spacial score (nSPS) is 11.6. The minimum Gasteiger partial charge on any atom is -0.507 e. The van der Waals surface area contributed by atoms with Crippen LogP contribution in [0, 0.1) is 0 Å². The van der Waals surface area contributed by atoms with Crippen LogP contribution in [0.2, 0.25) is 0 Å². The third-order valence-corrected chi connectivity index (χ3v) is 4.80. The number of carboxylic acid groups (broad SMARTS) is 1. The number of carbonyl (C=O) groups is 1. The van der Waals surface area contributed by atoms with Crippen molar-refractivity contribution in [1.82, 2.24) is 0 Å². The summed E-state index contributed by atoms with van der Waals surface area (Å²) in [4.78, 5) is 11.9. The number of benzene rings is 2. The van der Waals surface area contributed by atoms with E-state index in [-0.39, 0.29) is 29.9 Å². The highest BCUT2D eigenvalue weighted by atomic mass is 19.4. The second kappa shape index (κ2) is 11.5. The molecule has 0 saturated heterocycles. The molecule has 2 aromatic rings. The zero-order valence-electron chi connectivity index (χ0n) is 18.4. The van der Waals surface area contributed by atoms with Gasteiger partial charge in [0.05, 0.1) is 18.8 Å². The van der Waals surface area contributed by atoms with Crippen molar-refractivity contribution in [3.05, 3.63) is 69.8 Å². The lowest BCUT2D eigenvalue weighted by atomic mass is 9.97. The first kappa shape index (κ1) is 26.0. The Morgan fingerprint density at radius 1 is 1.09 bits per heavy atom. The lowest BCUT2D eigenvalue weighted by Gasteiger charge is -2.16. The van der Waals surface area contributed by atoms with E-state index in [1.54, 1.807) is 0 Å². The van der Waals surface area contributed by atoms with Crippen molar-refractivity contribution in [2.45, 2.75) is 39.3 Å². The summed E-state index contributed by atoms with van der Waals surface area (Å²) in [6.45, 7) is 3.41. The van der Waals surface area contributed by atoms with Gasteiger partial charge < -0.3 is 14.9 Å². The Kier molecular flexibility index (Phi) is 9.08. The minimum atomic E-state index is -4.46. The molecule has 0 aliphatic rings. The molecule has 0 aliphatic heterocycles. The summed E-state index contributed by atoms with van der Waals surface area (Å²) in [6.07, 6.45) is 1.18. The van der Waals surface area contributed by atoms with Gasteiger partial charge in [-0.05, 0) is 62.4 Å². The minimum absolute atomic E-state index is 0.126. The van der Waals surface area contributed by atoms with Crippen molar-refractivity contribution in [2.75, 3.05) is 13.3 Å². The molecular formula is C25H26F4O4. The predicted molar refractivity (Wildman–Crippen MR) is 119 cm³/mol. The second-order valence-corrected chi connectivity index (χ2v) is 7.65. The Morgan fingerprint density at radius 2 is 1.76 bits per heavy atom. The van der Waals surface area contributed by atoms with E-state index in [9.17, 15) is 32.6 Å². The molecule has 2 N–H and O–H groups in total. The van der Waals surface area contributed by atoms with Crippen molar-refractivity contribution >= 4 is 18.1 Å². The van der Waals surface area contributed by atoms with Crippen molar-refractivity contribution in [3.63, 3.8) is 0 Å². The van der Waals surface area contributed by atoms with Crippen LogP contribution in [0.5, 0.6) is 11.5 Å². The van der Waals surface area contributed by atoms with E-state index < -0.39 is 30.1 Å². The number of carboxylic acids is 1. The molecule has 0 saturated carbocycles. The Labute approximate surface area is 189 Å². The van der Waals surface area contributed by atoms with E-state index >= 15 is 0 Å². The second-order valence-electron chi connectivity index (χ2n) is 7.65. The van der Waals surface area contributed by atoms with Crippen LogP contribution in [0.1, 0.15) is 59.3 Å². The Bertz CT molecular complexity index is 1020. The van der Waals surface area contributed by atoms with Gasteiger partial charge in [-0.3, -0.25) is 4.39 Å². The van der Waals surface area contributed by atoms with Gasteiger partial charge in [0.15, 0.2) is 0 Å². The van der Waals surface area contributed by atoms with Gasteiger partial charge in [-0.15, -0.1) is 0 Å². The molecule has 0 atom stereocenters. The Balaban J connectivity index is 2.48. The van der Waals surface area contributed by atoms with E-state index in [2.05, 4.69) is 0 Å². The van der Waals surface area contributed by atoms with Crippen LogP contribution in [0.3, 0.4) is 0 Å². The van der Waals surface area contributed by atoms with Gasteiger partial charge in [-0.1, -0.05) is 35.9 Å². The van der Waals surface area contributed by atoms with Crippen LogP contribution >= 0.6 is 0 Å². The van der Waals surface area contributed by atoms with Gasteiger partial charge in [0.2, 0.25) is 0 Å². The number of ether oxygens (including phenoxy) is 1. The summed E-state index contributed by atoms with van der Waals surface area (Å²) < 4.78 is 56.4. The molecule has 0 unspecified atom stereocenters. The van der Waals surface area contributed by atoms with Gasteiger partial charge in [0.25, 0.3) is 0 Å². The van der Waals surface area contributed by atoms with E-state index in [1.165, 1.54) is 30.4 Å². The smallest absolute Gasteiger partial charge is 0.416 e. The molecule has 0 amide bonds. The molecule has 0 fully saturated rings. The average molecular weight is 466 g/mol. The van der Waals surface area contributed by atoms with Gasteiger partial charge in [-0.2, -0.15) is 13.2 Å². The SMILES string of the molecule is CC(C)=CCc1c(OCCCCF)cc(/C=C/c2ccc(C(F)(F)F)cc2)c(C(=O)O)c1O. The summed E-state index contributed by atoms with van der Waals surface area (Å²) >= 11 is 0. The maximum Gasteiger partial charge on any atom is 0.416 e. The highest BCUT2D eigenvalue weighted by Gasteiger charge is 2.29. The van der Waals surface area contributed by atoms with Crippen LogP contribution in [0.15, 0.2) is 42.0 Å². The fourth-order valence-corrected chi connectivity index (χ4v) is 3.04. The number of rotatable bonds is 10. The van der Waals surface area contributed by atoms with Gasteiger partial charge in [0.1, 0.15) is 17.1 Å². The lowest BCUT2D eigenvalue weighted by molar-refractivity contribution is -0.137. The third-order valence-electron chi connectivity index (χ3n) is 4.80. The zero-order chi connectivity index (χ0) is 24.6. The monoisotopic (exact) mass is 466 g/mol. The number of phenols is 1. The molecule has 2 aromatic carbocycles. The topological polar surface area (TPSA) is 66.8 Å².